The fraction of sp³-hybridized carbons (Fsp3) is 0.167. The summed E-state index contributed by atoms with van der Waals surface area (Å²) in [4.78, 5) is 16.2. The van der Waals surface area contributed by atoms with Crippen molar-refractivity contribution in [3.8, 4) is 0 Å². The molecule has 0 amide bonds. The molecule has 0 atom stereocenters. The number of halogens is 1. The van der Waals surface area contributed by atoms with Gasteiger partial charge >= 0.3 is 5.97 Å². The highest BCUT2D eigenvalue weighted by atomic mass is 35.5. The Morgan fingerprint density at radius 1 is 1.56 bits per heavy atom. The molecular formula is C12H11ClN2O2S. The first kappa shape index (κ1) is 12.9. The topological polar surface area (TPSA) is 62.2 Å². The van der Waals surface area contributed by atoms with Crippen LogP contribution in [0.15, 0.2) is 24.4 Å². The monoisotopic (exact) mass is 282 g/mol. The number of hydrogen-bond acceptors (Lipinski definition) is 4. The van der Waals surface area contributed by atoms with Crippen LogP contribution in [0.3, 0.4) is 0 Å². The quantitative estimate of drug-likeness (QED) is 0.902. The molecule has 1 aromatic heterocycles. The summed E-state index contributed by atoms with van der Waals surface area (Å²) >= 11 is 7.40. The molecule has 94 valence electrons. The van der Waals surface area contributed by atoms with Crippen molar-refractivity contribution in [3.63, 3.8) is 0 Å². The predicted octanol–water partition coefficient (Wildman–Crippen LogP) is 3.42. The van der Waals surface area contributed by atoms with Crippen LogP contribution < -0.4 is 5.32 Å². The van der Waals surface area contributed by atoms with Gasteiger partial charge in [-0.05, 0) is 25.1 Å². The molecule has 1 aromatic carbocycles. The van der Waals surface area contributed by atoms with Gasteiger partial charge in [-0.3, -0.25) is 0 Å². The van der Waals surface area contributed by atoms with Gasteiger partial charge in [0.25, 0.3) is 0 Å². The fourth-order valence-corrected chi connectivity index (χ4v) is 2.41. The minimum Gasteiger partial charge on any atom is -0.478 e. The third-order valence-corrected chi connectivity index (χ3v) is 3.58. The van der Waals surface area contributed by atoms with E-state index in [2.05, 4.69) is 10.3 Å². The van der Waals surface area contributed by atoms with Crippen LogP contribution in [0, 0.1) is 6.92 Å². The van der Waals surface area contributed by atoms with E-state index in [9.17, 15) is 4.79 Å². The van der Waals surface area contributed by atoms with Crippen molar-refractivity contribution in [2.45, 2.75) is 13.5 Å². The van der Waals surface area contributed by atoms with Gasteiger partial charge < -0.3 is 10.4 Å². The van der Waals surface area contributed by atoms with Gasteiger partial charge in [-0.25, -0.2) is 9.78 Å². The van der Waals surface area contributed by atoms with Crippen molar-refractivity contribution in [3.05, 3.63) is 44.9 Å². The van der Waals surface area contributed by atoms with Crippen molar-refractivity contribution in [1.82, 2.24) is 4.98 Å². The number of anilines is 1. The highest BCUT2D eigenvalue weighted by Gasteiger charge is 2.09. The van der Waals surface area contributed by atoms with E-state index in [1.54, 1.807) is 29.7 Å². The van der Waals surface area contributed by atoms with Crippen LogP contribution in [0.5, 0.6) is 0 Å². The maximum Gasteiger partial charge on any atom is 0.337 e. The molecule has 0 saturated heterocycles. The Hall–Kier alpha value is -1.59. The smallest absolute Gasteiger partial charge is 0.337 e. The van der Waals surface area contributed by atoms with Gasteiger partial charge in [0.15, 0.2) is 0 Å². The van der Waals surface area contributed by atoms with Crippen LogP contribution in [-0.2, 0) is 6.54 Å². The number of carboxylic acid groups (broad SMARTS) is 1. The van der Waals surface area contributed by atoms with Crippen LogP contribution in [-0.4, -0.2) is 16.1 Å². The van der Waals surface area contributed by atoms with E-state index in [1.165, 1.54) is 6.07 Å². The van der Waals surface area contributed by atoms with Gasteiger partial charge in [0, 0.05) is 16.8 Å². The standard InChI is InChI=1S/C12H11ClN2O2S/c1-7-14-5-9(18-7)6-15-8-2-3-11(13)10(4-8)12(16)17/h2-5,15H,6H2,1H3,(H,16,17). The second-order valence-corrected chi connectivity index (χ2v) is 5.43. The number of carboxylic acids is 1. The average molecular weight is 283 g/mol. The summed E-state index contributed by atoms with van der Waals surface area (Å²) in [5, 5.41) is 13.3. The molecule has 0 aliphatic rings. The number of aryl methyl sites for hydroxylation is 1. The molecule has 0 radical (unpaired) electrons. The summed E-state index contributed by atoms with van der Waals surface area (Å²) in [6, 6.07) is 4.85. The van der Waals surface area contributed by atoms with Crippen molar-refractivity contribution in [1.29, 1.82) is 0 Å². The zero-order chi connectivity index (χ0) is 13.1. The van der Waals surface area contributed by atoms with Crippen LogP contribution in [0.2, 0.25) is 5.02 Å². The maximum absolute atomic E-state index is 10.9. The number of benzene rings is 1. The summed E-state index contributed by atoms with van der Waals surface area (Å²) in [5.74, 6) is -1.03. The molecule has 1 heterocycles. The normalized spacial score (nSPS) is 10.3. The first-order valence-electron chi connectivity index (χ1n) is 5.24. The molecule has 0 saturated carbocycles. The van der Waals surface area contributed by atoms with Crippen molar-refractivity contribution in [2.24, 2.45) is 0 Å². The number of nitrogens with one attached hydrogen (secondary N) is 1. The molecule has 0 spiro atoms. The lowest BCUT2D eigenvalue weighted by Crippen LogP contribution is -2.01. The number of hydrogen-bond donors (Lipinski definition) is 2. The molecule has 0 bridgehead atoms. The fourth-order valence-electron chi connectivity index (χ4n) is 1.48. The zero-order valence-corrected chi connectivity index (χ0v) is 11.2. The van der Waals surface area contributed by atoms with E-state index >= 15 is 0 Å². The molecule has 6 heteroatoms. The van der Waals surface area contributed by atoms with E-state index in [-0.39, 0.29) is 10.6 Å². The van der Waals surface area contributed by atoms with Gasteiger partial charge in [-0.15, -0.1) is 11.3 Å². The summed E-state index contributed by atoms with van der Waals surface area (Å²) in [6.07, 6.45) is 1.81. The van der Waals surface area contributed by atoms with Gasteiger partial charge in [0.05, 0.1) is 22.1 Å². The highest BCUT2D eigenvalue weighted by Crippen LogP contribution is 2.21. The van der Waals surface area contributed by atoms with E-state index in [1.807, 2.05) is 6.92 Å². The Balaban J connectivity index is 2.10. The van der Waals surface area contributed by atoms with Gasteiger partial charge in [-0.2, -0.15) is 0 Å². The highest BCUT2D eigenvalue weighted by molar-refractivity contribution is 7.11. The third-order valence-electron chi connectivity index (χ3n) is 2.33. The second-order valence-electron chi connectivity index (χ2n) is 3.70. The number of aromatic nitrogens is 1. The number of carbonyl (C=O) groups is 1. The molecule has 4 nitrogen and oxygen atoms in total. The number of rotatable bonds is 4. The van der Waals surface area contributed by atoms with E-state index in [0.29, 0.717) is 6.54 Å². The second kappa shape index (κ2) is 5.37. The number of nitrogens with zero attached hydrogens (tertiary/aromatic N) is 1. The Bertz CT molecular complexity index is 583. The van der Waals surface area contributed by atoms with E-state index in [4.69, 9.17) is 16.7 Å². The minimum absolute atomic E-state index is 0.0992. The number of thiazole rings is 1. The summed E-state index contributed by atoms with van der Waals surface area (Å²) in [7, 11) is 0. The van der Waals surface area contributed by atoms with Crippen LogP contribution in [0.25, 0.3) is 0 Å². The van der Waals surface area contributed by atoms with Crippen molar-refractivity contribution in [2.75, 3.05) is 5.32 Å². The lowest BCUT2D eigenvalue weighted by molar-refractivity contribution is 0.0697. The van der Waals surface area contributed by atoms with Gasteiger partial charge in [0.1, 0.15) is 0 Å². The molecule has 0 fully saturated rings. The molecular weight excluding hydrogens is 272 g/mol. The van der Waals surface area contributed by atoms with Gasteiger partial charge in [0.2, 0.25) is 0 Å². The molecule has 0 aliphatic carbocycles. The van der Waals surface area contributed by atoms with Crippen molar-refractivity contribution < 1.29 is 9.90 Å². The summed E-state index contributed by atoms with van der Waals surface area (Å²) < 4.78 is 0. The predicted molar refractivity (Wildman–Crippen MR) is 72.6 cm³/mol. The first-order valence-corrected chi connectivity index (χ1v) is 6.44. The average Bonchev–Trinajstić information content (AvgIpc) is 2.74. The Morgan fingerprint density at radius 2 is 2.33 bits per heavy atom. The van der Waals surface area contributed by atoms with Crippen LogP contribution in [0.4, 0.5) is 5.69 Å². The molecule has 0 aliphatic heterocycles. The zero-order valence-electron chi connectivity index (χ0n) is 9.61. The molecule has 18 heavy (non-hydrogen) atoms. The van der Waals surface area contributed by atoms with E-state index < -0.39 is 5.97 Å². The Morgan fingerprint density at radius 3 is 2.94 bits per heavy atom. The molecule has 2 aromatic rings. The SMILES string of the molecule is Cc1ncc(CNc2ccc(Cl)c(C(=O)O)c2)s1. The van der Waals surface area contributed by atoms with Crippen LogP contribution in [0.1, 0.15) is 20.2 Å². The first-order chi connectivity index (χ1) is 8.56. The van der Waals surface area contributed by atoms with Gasteiger partial charge in [-0.1, -0.05) is 11.6 Å². The Labute approximate surface area is 113 Å². The largest absolute Gasteiger partial charge is 0.478 e. The number of aromatic carboxylic acids is 1. The van der Waals surface area contributed by atoms with Crippen molar-refractivity contribution >= 4 is 34.6 Å². The molecule has 0 unspecified atom stereocenters. The van der Waals surface area contributed by atoms with Crippen LogP contribution >= 0.6 is 22.9 Å². The summed E-state index contributed by atoms with van der Waals surface area (Å²) in [6.45, 7) is 2.56. The Kier molecular flexibility index (Phi) is 3.84. The lowest BCUT2D eigenvalue weighted by Gasteiger charge is -2.06. The molecule has 2 rings (SSSR count). The third kappa shape index (κ3) is 3.00. The lowest BCUT2D eigenvalue weighted by atomic mass is 10.2. The molecule has 2 N–H and O–H groups in total. The summed E-state index contributed by atoms with van der Waals surface area (Å²) in [5.41, 5.74) is 0.824. The minimum atomic E-state index is -1.03. The maximum atomic E-state index is 10.9. The van der Waals surface area contributed by atoms with E-state index in [0.717, 1.165) is 15.6 Å².